The van der Waals surface area contributed by atoms with Crippen molar-refractivity contribution in [2.75, 3.05) is 51.4 Å². The van der Waals surface area contributed by atoms with E-state index in [4.69, 9.17) is 9.47 Å². The summed E-state index contributed by atoms with van der Waals surface area (Å²) in [6.07, 6.45) is 6.51. The lowest BCUT2D eigenvalue weighted by atomic mass is 9.71. The molecule has 1 aromatic rings. The van der Waals surface area contributed by atoms with Crippen molar-refractivity contribution in [3.05, 3.63) is 11.1 Å². The smallest absolute Gasteiger partial charge is 0.349 e. The maximum Gasteiger partial charge on any atom is 0.349 e. The monoisotopic (exact) mass is 395 g/mol. The lowest BCUT2D eigenvalue weighted by Gasteiger charge is -2.51. The van der Waals surface area contributed by atoms with Crippen molar-refractivity contribution in [2.24, 2.45) is 5.41 Å². The predicted molar refractivity (Wildman–Crippen MR) is 103 cm³/mol. The number of carbonyl (C=O) groups excluding carboxylic acids is 1. The highest BCUT2D eigenvalue weighted by Crippen LogP contribution is 2.42. The Balaban J connectivity index is 1.39. The van der Waals surface area contributed by atoms with Crippen molar-refractivity contribution in [1.82, 2.24) is 9.88 Å². The fraction of sp³-hybridized carbons (Fsp3) is 0.789. The van der Waals surface area contributed by atoms with Gasteiger partial charge < -0.3 is 19.5 Å². The van der Waals surface area contributed by atoms with Crippen LogP contribution in [0.15, 0.2) is 6.20 Å². The van der Waals surface area contributed by atoms with Gasteiger partial charge in [-0.1, -0.05) is 11.3 Å². The van der Waals surface area contributed by atoms with Crippen molar-refractivity contribution in [1.29, 1.82) is 0 Å². The number of aliphatic hydroxyl groups excluding tert-OH is 1. The molecule has 3 aliphatic heterocycles. The number of rotatable bonds is 3. The van der Waals surface area contributed by atoms with E-state index >= 15 is 0 Å². The van der Waals surface area contributed by atoms with E-state index in [0.29, 0.717) is 10.9 Å². The Kier molecular flexibility index (Phi) is 5.68. The molecule has 0 aliphatic carbocycles. The van der Waals surface area contributed by atoms with Gasteiger partial charge in [0.1, 0.15) is 4.88 Å². The van der Waals surface area contributed by atoms with Gasteiger partial charge in [0.2, 0.25) is 0 Å². The molecule has 0 amide bonds. The number of β-amino-alcohol motifs (C(OH)–C–C–N with tert-alkyl or cyclic N) is 1. The van der Waals surface area contributed by atoms with Crippen LogP contribution in [0.1, 0.15) is 41.8 Å². The summed E-state index contributed by atoms with van der Waals surface area (Å²) in [6.45, 7) is 5.39. The van der Waals surface area contributed by atoms with E-state index in [-0.39, 0.29) is 17.5 Å². The molecule has 1 atom stereocenters. The van der Waals surface area contributed by atoms with Crippen LogP contribution >= 0.6 is 11.3 Å². The summed E-state index contributed by atoms with van der Waals surface area (Å²) in [5, 5.41) is 11.4. The summed E-state index contributed by atoms with van der Waals surface area (Å²) in [7, 11) is 1.39. The molecular weight excluding hydrogens is 366 g/mol. The summed E-state index contributed by atoms with van der Waals surface area (Å²) >= 11 is 1.40. The molecule has 1 spiro atoms. The van der Waals surface area contributed by atoms with E-state index < -0.39 is 0 Å². The Morgan fingerprint density at radius 1 is 1.37 bits per heavy atom. The molecule has 27 heavy (non-hydrogen) atoms. The Morgan fingerprint density at radius 2 is 2.11 bits per heavy atom. The van der Waals surface area contributed by atoms with Gasteiger partial charge in [-0.3, -0.25) is 4.90 Å². The fourth-order valence-electron chi connectivity index (χ4n) is 4.86. The quantitative estimate of drug-likeness (QED) is 0.782. The van der Waals surface area contributed by atoms with Gasteiger partial charge in [-0.15, -0.1) is 0 Å². The fourth-order valence-corrected chi connectivity index (χ4v) is 5.75. The van der Waals surface area contributed by atoms with E-state index in [2.05, 4.69) is 14.8 Å². The van der Waals surface area contributed by atoms with Gasteiger partial charge >= 0.3 is 5.97 Å². The van der Waals surface area contributed by atoms with Gasteiger partial charge in [-0.05, 0) is 37.5 Å². The first-order valence-corrected chi connectivity index (χ1v) is 10.7. The van der Waals surface area contributed by atoms with Crippen LogP contribution in [0, 0.1) is 5.41 Å². The number of esters is 1. The van der Waals surface area contributed by atoms with Crippen LogP contribution in [0.5, 0.6) is 0 Å². The van der Waals surface area contributed by atoms with Crippen LogP contribution in [-0.2, 0) is 9.47 Å². The SMILES string of the molecule is COC(=O)c1cnc(N2CCC3(CC2)CC(O)CN(C2CCOCC2)C3)s1. The molecule has 1 N–H and O–H groups in total. The van der Waals surface area contributed by atoms with E-state index in [0.717, 1.165) is 76.6 Å². The Morgan fingerprint density at radius 3 is 2.81 bits per heavy atom. The Labute approximate surface area is 164 Å². The number of nitrogens with zero attached hydrogens (tertiary/aromatic N) is 3. The minimum atomic E-state index is -0.324. The lowest BCUT2D eigenvalue weighted by Crippen LogP contribution is -2.57. The summed E-state index contributed by atoms with van der Waals surface area (Å²) < 4.78 is 10.3. The molecule has 4 heterocycles. The molecule has 0 radical (unpaired) electrons. The summed E-state index contributed by atoms with van der Waals surface area (Å²) in [5.41, 5.74) is 0.189. The second-order valence-corrected chi connectivity index (χ2v) is 9.13. The van der Waals surface area contributed by atoms with Gasteiger partial charge in [-0.25, -0.2) is 9.78 Å². The number of anilines is 1. The third kappa shape index (κ3) is 4.13. The molecule has 1 aromatic heterocycles. The third-order valence-corrected chi connectivity index (χ3v) is 7.37. The average Bonchev–Trinajstić information content (AvgIpc) is 3.18. The van der Waals surface area contributed by atoms with Crippen LogP contribution in [0.2, 0.25) is 0 Å². The number of aliphatic hydroxyl groups is 1. The van der Waals surface area contributed by atoms with Crippen LogP contribution in [-0.4, -0.2) is 79.6 Å². The highest BCUT2D eigenvalue weighted by atomic mass is 32.1. The molecule has 7 nitrogen and oxygen atoms in total. The first-order valence-electron chi connectivity index (χ1n) is 9.87. The standard InChI is InChI=1S/C19H29N3O4S/c1-25-17(24)16-11-20-18(27-16)21-6-4-19(5-7-21)10-15(23)12-22(13-19)14-2-8-26-9-3-14/h11,14-15,23H,2-10,12-13H2,1H3. The number of ether oxygens (including phenoxy) is 2. The number of aromatic nitrogens is 1. The Bertz CT molecular complexity index is 653. The molecular formula is C19H29N3O4S. The number of carbonyl (C=O) groups is 1. The molecule has 4 rings (SSSR count). The molecule has 0 saturated carbocycles. The molecule has 3 saturated heterocycles. The minimum absolute atomic E-state index is 0.189. The number of thiazole rings is 1. The predicted octanol–water partition coefficient (Wildman–Crippen LogP) is 1.76. The van der Waals surface area contributed by atoms with Gasteiger partial charge in [-0.2, -0.15) is 0 Å². The number of likely N-dealkylation sites (tertiary alicyclic amines) is 1. The first-order chi connectivity index (χ1) is 13.1. The van der Waals surface area contributed by atoms with Gasteiger partial charge in [0, 0.05) is 45.4 Å². The molecule has 150 valence electrons. The molecule has 0 aromatic carbocycles. The molecule has 8 heteroatoms. The van der Waals surface area contributed by atoms with Crippen LogP contribution in [0.4, 0.5) is 5.13 Å². The first kappa shape index (κ1) is 19.1. The molecule has 3 aliphatic rings. The van der Waals surface area contributed by atoms with Crippen LogP contribution in [0.3, 0.4) is 0 Å². The van der Waals surface area contributed by atoms with Gasteiger partial charge in [0.25, 0.3) is 0 Å². The van der Waals surface area contributed by atoms with Crippen LogP contribution in [0.25, 0.3) is 0 Å². The zero-order valence-corrected chi connectivity index (χ0v) is 16.7. The maximum absolute atomic E-state index is 11.7. The number of methoxy groups -OCH3 is 1. The molecule has 3 fully saturated rings. The van der Waals surface area contributed by atoms with Crippen molar-refractivity contribution < 1.29 is 19.4 Å². The topological polar surface area (TPSA) is 75.1 Å². The van der Waals surface area contributed by atoms with Crippen molar-refractivity contribution in [3.63, 3.8) is 0 Å². The van der Waals surface area contributed by atoms with Crippen molar-refractivity contribution in [2.45, 2.75) is 44.2 Å². The van der Waals surface area contributed by atoms with E-state index in [1.54, 1.807) is 6.20 Å². The number of hydrogen-bond donors (Lipinski definition) is 1. The zero-order chi connectivity index (χ0) is 18.9. The zero-order valence-electron chi connectivity index (χ0n) is 15.9. The Hall–Kier alpha value is -1.22. The van der Waals surface area contributed by atoms with E-state index in [1.165, 1.54) is 18.4 Å². The average molecular weight is 396 g/mol. The van der Waals surface area contributed by atoms with Gasteiger partial charge in [0.15, 0.2) is 5.13 Å². The lowest BCUT2D eigenvalue weighted by molar-refractivity contribution is -0.0601. The highest BCUT2D eigenvalue weighted by molar-refractivity contribution is 7.17. The van der Waals surface area contributed by atoms with Crippen molar-refractivity contribution >= 4 is 22.4 Å². The number of hydrogen-bond acceptors (Lipinski definition) is 8. The van der Waals surface area contributed by atoms with Gasteiger partial charge in [0.05, 0.1) is 19.4 Å². The van der Waals surface area contributed by atoms with E-state index in [1.807, 2.05) is 0 Å². The molecule has 1 unspecified atom stereocenters. The van der Waals surface area contributed by atoms with Crippen molar-refractivity contribution in [3.8, 4) is 0 Å². The normalized spacial score (nSPS) is 27.0. The van der Waals surface area contributed by atoms with E-state index in [9.17, 15) is 9.90 Å². The minimum Gasteiger partial charge on any atom is -0.465 e. The number of piperidine rings is 2. The second-order valence-electron chi connectivity index (χ2n) is 8.12. The summed E-state index contributed by atoms with van der Waals surface area (Å²) in [4.78, 5) is 21.4. The third-order valence-electron chi connectivity index (χ3n) is 6.33. The molecule has 0 bridgehead atoms. The highest BCUT2D eigenvalue weighted by Gasteiger charge is 2.43. The summed E-state index contributed by atoms with van der Waals surface area (Å²) in [6, 6.07) is 0.546. The maximum atomic E-state index is 11.7. The van der Waals surface area contributed by atoms with Crippen LogP contribution < -0.4 is 4.90 Å². The second kappa shape index (κ2) is 8.03. The largest absolute Gasteiger partial charge is 0.465 e. The summed E-state index contributed by atoms with van der Waals surface area (Å²) in [5.74, 6) is -0.324.